The molecular weight excluding hydrogens is 438 g/mol. The van der Waals surface area contributed by atoms with E-state index in [2.05, 4.69) is 10.3 Å². The quantitative estimate of drug-likeness (QED) is 0.469. The smallest absolute Gasteiger partial charge is 0.340 e. The van der Waals surface area contributed by atoms with Gasteiger partial charge in [0.05, 0.1) is 17.6 Å². The summed E-state index contributed by atoms with van der Waals surface area (Å²) >= 11 is 1.68. The Morgan fingerprint density at radius 1 is 1.21 bits per heavy atom. The number of carbonyl (C=O) groups is 3. The van der Waals surface area contributed by atoms with Gasteiger partial charge >= 0.3 is 5.97 Å². The Hall–Kier alpha value is -2.74. The topological polar surface area (TPSA) is 91.5 Å². The number of hydrogen-bond acceptors (Lipinski definition) is 5. The lowest BCUT2D eigenvalue weighted by atomic mass is 9.96. The van der Waals surface area contributed by atoms with Gasteiger partial charge in [-0.1, -0.05) is 12.1 Å². The highest BCUT2D eigenvalue weighted by molar-refractivity contribution is 7.98. The third kappa shape index (κ3) is 5.99. The number of benzene rings is 1. The van der Waals surface area contributed by atoms with Crippen molar-refractivity contribution in [2.45, 2.75) is 58.1 Å². The van der Waals surface area contributed by atoms with Gasteiger partial charge in [-0.05, 0) is 70.1 Å². The molecule has 3 rings (SSSR count). The Kier molecular flexibility index (Phi) is 8.24. The number of carbonyl (C=O) groups excluding carboxylic acids is 3. The van der Waals surface area contributed by atoms with Crippen molar-refractivity contribution in [2.24, 2.45) is 5.92 Å². The fourth-order valence-electron chi connectivity index (χ4n) is 4.15. The van der Waals surface area contributed by atoms with E-state index in [9.17, 15) is 14.4 Å². The van der Waals surface area contributed by atoms with E-state index in [0.29, 0.717) is 42.1 Å². The first kappa shape index (κ1) is 24.9. The summed E-state index contributed by atoms with van der Waals surface area (Å²) in [5, 5.41) is 3.01. The van der Waals surface area contributed by atoms with Crippen LogP contribution >= 0.6 is 11.8 Å². The number of nitrogens with zero attached hydrogens (tertiary/aromatic N) is 1. The molecule has 8 heteroatoms. The molecule has 0 spiro atoms. The van der Waals surface area contributed by atoms with Crippen LogP contribution in [0.3, 0.4) is 0 Å². The van der Waals surface area contributed by atoms with Crippen molar-refractivity contribution < 1.29 is 19.1 Å². The monoisotopic (exact) mass is 471 g/mol. The number of ether oxygens (including phenoxy) is 1. The average Bonchev–Trinajstić information content (AvgIpc) is 3.10. The highest BCUT2D eigenvalue weighted by Crippen LogP contribution is 2.24. The van der Waals surface area contributed by atoms with Crippen molar-refractivity contribution in [2.75, 3.05) is 19.3 Å². The highest BCUT2D eigenvalue weighted by Gasteiger charge is 2.32. The first-order valence-corrected chi connectivity index (χ1v) is 12.5. The van der Waals surface area contributed by atoms with Crippen LogP contribution in [0.5, 0.6) is 0 Å². The van der Waals surface area contributed by atoms with E-state index in [1.165, 1.54) is 4.90 Å². The van der Waals surface area contributed by atoms with Crippen LogP contribution in [0.25, 0.3) is 0 Å². The Bertz CT molecular complexity index is 1010. The van der Waals surface area contributed by atoms with Gasteiger partial charge < -0.3 is 19.9 Å². The van der Waals surface area contributed by atoms with Crippen LogP contribution in [-0.2, 0) is 16.1 Å². The summed E-state index contributed by atoms with van der Waals surface area (Å²) in [5.41, 5.74) is 3.04. The van der Waals surface area contributed by atoms with Crippen LogP contribution in [0, 0.1) is 19.8 Å². The molecule has 1 aromatic carbocycles. The summed E-state index contributed by atoms with van der Waals surface area (Å²) in [6.45, 7) is 8.51. The van der Waals surface area contributed by atoms with Gasteiger partial charge in [0.1, 0.15) is 5.69 Å². The molecule has 0 aliphatic carbocycles. The minimum atomic E-state index is -0.434. The van der Waals surface area contributed by atoms with Gasteiger partial charge in [0, 0.05) is 30.2 Å². The summed E-state index contributed by atoms with van der Waals surface area (Å²) in [7, 11) is 0. The molecule has 33 heavy (non-hydrogen) atoms. The Morgan fingerprint density at radius 3 is 2.55 bits per heavy atom. The SMILES string of the molecule is CSc1ccc(CNC(=O)[C@H]2CCCN(C(=O)c3[nH]c(C)c(C(=O)OC(C)C)c3C)C2)cc1. The first-order valence-electron chi connectivity index (χ1n) is 11.3. The van der Waals surface area contributed by atoms with Crippen LogP contribution in [0.2, 0.25) is 0 Å². The largest absolute Gasteiger partial charge is 0.459 e. The fourth-order valence-corrected chi connectivity index (χ4v) is 4.56. The molecule has 0 unspecified atom stereocenters. The van der Waals surface area contributed by atoms with Crippen LogP contribution < -0.4 is 5.32 Å². The second kappa shape index (κ2) is 10.9. The first-order chi connectivity index (χ1) is 15.7. The number of aromatic nitrogens is 1. The molecule has 2 heterocycles. The second-order valence-electron chi connectivity index (χ2n) is 8.74. The highest BCUT2D eigenvalue weighted by atomic mass is 32.2. The molecule has 2 aromatic rings. The van der Waals surface area contributed by atoms with Crippen LogP contribution in [-0.4, -0.2) is 53.1 Å². The third-order valence-electron chi connectivity index (χ3n) is 5.90. The molecule has 7 nitrogen and oxygen atoms in total. The Morgan fingerprint density at radius 2 is 1.91 bits per heavy atom. The number of aromatic amines is 1. The maximum Gasteiger partial charge on any atom is 0.340 e. The Balaban J connectivity index is 1.64. The lowest BCUT2D eigenvalue weighted by Gasteiger charge is -2.32. The van der Waals surface area contributed by atoms with Crippen molar-refractivity contribution in [3.05, 3.63) is 52.3 Å². The number of nitrogens with one attached hydrogen (secondary N) is 2. The maximum absolute atomic E-state index is 13.2. The molecule has 0 bridgehead atoms. The van der Waals surface area contributed by atoms with E-state index in [-0.39, 0.29) is 23.8 Å². The molecular formula is C25H33N3O4S. The molecule has 2 N–H and O–H groups in total. The number of piperidine rings is 1. The molecule has 0 saturated carbocycles. The van der Waals surface area contributed by atoms with Gasteiger partial charge in [0.2, 0.25) is 5.91 Å². The molecule has 1 fully saturated rings. The lowest BCUT2D eigenvalue weighted by Crippen LogP contribution is -2.45. The minimum absolute atomic E-state index is 0.0398. The number of aryl methyl sites for hydroxylation is 1. The van der Waals surface area contributed by atoms with Crippen molar-refractivity contribution in [3.8, 4) is 0 Å². The van der Waals surface area contributed by atoms with Crippen LogP contribution in [0.15, 0.2) is 29.2 Å². The number of thioether (sulfide) groups is 1. The summed E-state index contributed by atoms with van der Waals surface area (Å²) in [4.78, 5) is 44.5. The van der Waals surface area contributed by atoms with Gasteiger partial charge in [0.25, 0.3) is 5.91 Å². The van der Waals surface area contributed by atoms with Gasteiger partial charge in [-0.2, -0.15) is 0 Å². The average molecular weight is 472 g/mol. The number of esters is 1. The fraction of sp³-hybridized carbons (Fsp3) is 0.480. The zero-order valence-corrected chi connectivity index (χ0v) is 20.8. The van der Waals surface area contributed by atoms with Crippen molar-refractivity contribution in [3.63, 3.8) is 0 Å². The van der Waals surface area contributed by atoms with Crippen LogP contribution in [0.4, 0.5) is 0 Å². The normalized spacial score (nSPS) is 16.1. The van der Waals surface area contributed by atoms with E-state index in [0.717, 1.165) is 18.4 Å². The van der Waals surface area contributed by atoms with E-state index in [4.69, 9.17) is 4.74 Å². The van der Waals surface area contributed by atoms with E-state index < -0.39 is 5.97 Å². The van der Waals surface area contributed by atoms with E-state index in [1.54, 1.807) is 44.4 Å². The number of hydrogen-bond donors (Lipinski definition) is 2. The van der Waals surface area contributed by atoms with Crippen molar-refractivity contribution in [1.29, 1.82) is 0 Å². The van der Waals surface area contributed by atoms with Gasteiger partial charge in [-0.25, -0.2) is 4.79 Å². The third-order valence-corrected chi connectivity index (χ3v) is 6.65. The number of H-pyrrole nitrogens is 1. The van der Waals surface area contributed by atoms with Gasteiger partial charge in [-0.15, -0.1) is 11.8 Å². The van der Waals surface area contributed by atoms with Crippen molar-refractivity contribution in [1.82, 2.24) is 15.2 Å². The van der Waals surface area contributed by atoms with Crippen LogP contribution in [0.1, 0.15) is 64.4 Å². The molecule has 1 aliphatic heterocycles. The molecule has 1 aliphatic rings. The predicted octanol–water partition coefficient (Wildman–Crippen LogP) is 4.09. The summed E-state index contributed by atoms with van der Waals surface area (Å²) in [5.74, 6) is -0.918. The number of rotatable bonds is 7. The molecule has 2 amide bonds. The summed E-state index contributed by atoms with van der Waals surface area (Å²) in [6.07, 6.45) is 3.29. The lowest BCUT2D eigenvalue weighted by molar-refractivity contribution is -0.126. The second-order valence-corrected chi connectivity index (χ2v) is 9.61. The van der Waals surface area contributed by atoms with E-state index in [1.807, 2.05) is 30.5 Å². The summed E-state index contributed by atoms with van der Waals surface area (Å²) < 4.78 is 5.32. The van der Waals surface area contributed by atoms with Crippen molar-refractivity contribution >= 4 is 29.5 Å². The van der Waals surface area contributed by atoms with Gasteiger partial charge in [-0.3, -0.25) is 9.59 Å². The summed E-state index contributed by atoms with van der Waals surface area (Å²) in [6, 6.07) is 8.11. The zero-order valence-electron chi connectivity index (χ0n) is 20.0. The predicted molar refractivity (Wildman–Crippen MR) is 130 cm³/mol. The zero-order chi connectivity index (χ0) is 24.1. The number of amides is 2. The van der Waals surface area contributed by atoms with E-state index >= 15 is 0 Å². The number of likely N-dealkylation sites (tertiary alicyclic amines) is 1. The minimum Gasteiger partial charge on any atom is -0.459 e. The Labute approximate surface area is 199 Å². The standard InChI is InChI=1S/C25H33N3O4S/c1-15(2)32-25(31)21-16(3)22(27-17(21)4)24(30)28-12-6-7-19(14-28)23(29)26-13-18-8-10-20(33-5)11-9-18/h8-11,15,19,27H,6-7,12-14H2,1-5H3,(H,26,29)/t19-/m0/s1. The molecule has 0 radical (unpaired) electrons. The van der Waals surface area contributed by atoms with Gasteiger partial charge in [0.15, 0.2) is 0 Å². The molecule has 1 atom stereocenters. The molecule has 1 aromatic heterocycles. The molecule has 1 saturated heterocycles. The maximum atomic E-state index is 13.2. The molecule has 178 valence electrons.